The third-order valence-corrected chi connectivity index (χ3v) is 15.1. The number of pyridine rings is 2. The third kappa shape index (κ3) is 14.3. The molecule has 448 valence electrons. The number of hydrogen-bond acceptors (Lipinski definition) is 10. The average Bonchev–Trinajstić information content (AvgIpc) is 0.948. The minimum atomic E-state index is -0.832. The summed E-state index contributed by atoms with van der Waals surface area (Å²) in [6, 6.07) is 44.6. The van der Waals surface area contributed by atoms with Crippen molar-refractivity contribution in [2.75, 3.05) is 34.5 Å². The highest BCUT2D eigenvalue weighted by Crippen LogP contribution is 2.49. The predicted octanol–water partition coefficient (Wildman–Crippen LogP) is 15.2. The summed E-state index contributed by atoms with van der Waals surface area (Å²) in [4.78, 5) is 77.0. The number of anilines is 4. The number of nitro benzene ring substituents is 1. The number of carbonyl (C=O) groups is 4. The maximum absolute atomic E-state index is 14.5. The number of fused-ring (bicyclic) bond motifs is 13. The molecule has 4 N–H and O–H groups in total. The molecule has 9 aromatic rings. The summed E-state index contributed by atoms with van der Waals surface area (Å²) in [5.74, 6) is 11.6. The highest BCUT2D eigenvalue weighted by Gasteiger charge is 2.28. The number of aromatic nitrogens is 2. The third-order valence-electron chi connectivity index (χ3n) is 15.1. The molecular weight excluding hydrogens is 1110 g/mol. The molecule has 0 radical (unpaired) electrons. The van der Waals surface area contributed by atoms with Gasteiger partial charge in [-0.1, -0.05) is 180 Å². The van der Waals surface area contributed by atoms with E-state index in [0.29, 0.717) is 33.0 Å². The first-order valence-electron chi connectivity index (χ1n) is 29.2. The lowest BCUT2D eigenvalue weighted by Gasteiger charge is -2.25. The summed E-state index contributed by atoms with van der Waals surface area (Å²) in [6.07, 6.45) is 0. The molecule has 4 amide bonds. The molecule has 1 aliphatic heterocycles. The summed E-state index contributed by atoms with van der Waals surface area (Å²) in [7, 11) is 0. The Hall–Kier alpha value is -10.6. The van der Waals surface area contributed by atoms with E-state index >= 15 is 0 Å². The van der Waals surface area contributed by atoms with Crippen LogP contribution in [0.4, 0.5) is 29.0 Å². The molecule has 0 unspecified atom stereocenters. The minimum Gasteiger partial charge on any atom is -0.482 e. The van der Waals surface area contributed by atoms with Crippen LogP contribution in [-0.2, 0) is 31.2 Å². The zero-order chi connectivity index (χ0) is 63.7. The summed E-state index contributed by atoms with van der Waals surface area (Å²) in [6.45, 7) is 24.9. The Morgan fingerprint density at radius 3 is 1.12 bits per heavy atom. The van der Waals surface area contributed by atoms with E-state index in [2.05, 4.69) is 174 Å². The number of non-ortho nitro benzene ring substituents is 1. The van der Waals surface area contributed by atoms with Crippen molar-refractivity contribution >= 4 is 74.1 Å². The van der Waals surface area contributed by atoms with Gasteiger partial charge in [-0.2, -0.15) is 0 Å². The Kier molecular flexibility index (Phi) is 16.7. The Balaban J connectivity index is 1.23. The zero-order valence-corrected chi connectivity index (χ0v) is 52.0. The minimum absolute atomic E-state index is 0.0155. The van der Waals surface area contributed by atoms with Crippen molar-refractivity contribution < 1.29 is 33.6 Å². The van der Waals surface area contributed by atoms with Crippen molar-refractivity contribution in [3.8, 4) is 46.3 Å². The topological polar surface area (TPSA) is 204 Å². The quantitative estimate of drug-likeness (QED) is 0.0695. The second-order valence-electron chi connectivity index (χ2n) is 26.2. The van der Waals surface area contributed by atoms with Crippen LogP contribution in [0.3, 0.4) is 0 Å². The highest BCUT2D eigenvalue weighted by atomic mass is 16.6. The average molecular weight is 1180 g/mol. The van der Waals surface area contributed by atoms with Crippen LogP contribution in [0.1, 0.15) is 148 Å². The number of amides is 4. The Morgan fingerprint density at radius 1 is 0.427 bits per heavy atom. The first kappa shape index (κ1) is 61.4. The molecule has 0 atom stereocenters. The van der Waals surface area contributed by atoms with Gasteiger partial charge in [0.05, 0.1) is 16.1 Å². The van der Waals surface area contributed by atoms with Crippen LogP contribution in [0.25, 0.3) is 32.7 Å². The summed E-state index contributed by atoms with van der Waals surface area (Å²) in [5.41, 5.74) is 6.04. The fraction of sp³-hybridized carbons (Fsp3) is 0.243. The Labute approximate surface area is 518 Å². The smallest absolute Gasteiger partial charge is 0.271 e. The van der Waals surface area contributed by atoms with Gasteiger partial charge in [0.15, 0.2) is 13.2 Å². The molecule has 3 heterocycles. The van der Waals surface area contributed by atoms with Crippen LogP contribution in [0.5, 0.6) is 11.5 Å². The van der Waals surface area contributed by atoms with Gasteiger partial charge in [-0.05, 0) is 132 Å². The van der Waals surface area contributed by atoms with Crippen LogP contribution >= 0.6 is 0 Å². The number of ether oxygens (including phenoxy) is 2. The standard InChI is InChI=1S/C74H69N7O8/c1-71(2,3)52-31-44(32-53(40-52)72(4,5)6)27-29-48-35-46-19-13-15-21-57(46)65-66-58-22-16-14-20-47(58)36-49(30-28-45-33-54(73(7,8)9)41-55(34-45)74(10,11)12)68(66)89-43-64(83)78-60-24-18-26-62(76-60)80-70(85)51-37-50(38-56(39-51)81(86)87)69(84)79-61-25-17-23-59(75-61)77-63(82)42-88-67(48)65/h13-26,31-41H,42-43H2,1-12H3,(H2,75,77,79,82,84)(H2,76,78,80,83,85). The SMILES string of the molecule is CC(C)(C)c1cc(C#Cc2cc3ccccc3c3c2OCC(=O)Nc2cccc(n2)NC(=O)c2cc(cc([N+](=O)[O-])c2)C(=O)Nc2cccc(n2)NC(=O)COc2c(C#Cc4cc(C(C)(C)C)cc(C(C)(C)C)c4)cc4ccccc4c2-3)cc(C(C)(C)C)c1. The molecule has 0 saturated heterocycles. The number of rotatable bonds is 1. The lowest BCUT2D eigenvalue weighted by molar-refractivity contribution is -0.384. The van der Waals surface area contributed by atoms with Crippen LogP contribution in [0.15, 0.2) is 152 Å². The fourth-order valence-corrected chi connectivity index (χ4v) is 10.2. The zero-order valence-electron chi connectivity index (χ0n) is 52.0. The van der Waals surface area contributed by atoms with Crippen LogP contribution < -0.4 is 30.7 Å². The molecule has 10 rings (SSSR count). The molecule has 89 heavy (non-hydrogen) atoms. The number of nitro groups is 1. The van der Waals surface area contributed by atoms with E-state index in [1.54, 1.807) is 12.1 Å². The van der Waals surface area contributed by atoms with E-state index in [4.69, 9.17) is 9.47 Å². The van der Waals surface area contributed by atoms with Crippen LogP contribution in [0.2, 0.25) is 0 Å². The van der Waals surface area contributed by atoms with E-state index in [0.717, 1.165) is 56.3 Å². The van der Waals surface area contributed by atoms with Gasteiger partial charge in [-0.15, -0.1) is 0 Å². The van der Waals surface area contributed by atoms with Crippen LogP contribution in [-0.4, -0.2) is 51.7 Å². The van der Waals surface area contributed by atoms with Gasteiger partial charge in [0, 0.05) is 45.5 Å². The largest absolute Gasteiger partial charge is 0.482 e. The van der Waals surface area contributed by atoms with Crippen molar-refractivity contribution in [1.29, 1.82) is 0 Å². The van der Waals surface area contributed by atoms with E-state index in [1.165, 1.54) is 30.3 Å². The van der Waals surface area contributed by atoms with Gasteiger partial charge in [0.25, 0.3) is 29.3 Å². The maximum atomic E-state index is 14.5. The second kappa shape index (κ2) is 24.3. The molecule has 0 fully saturated rings. The van der Waals surface area contributed by atoms with Crippen molar-refractivity contribution in [3.63, 3.8) is 0 Å². The molecule has 7 aromatic carbocycles. The van der Waals surface area contributed by atoms with E-state index < -0.39 is 47.5 Å². The van der Waals surface area contributed by atoms with Gasteiger partial charge in [0.1, 0.15) is 34.8 Å². The molecule has 15 heteroatoms. The number of hydrogen-bond donors (Lipinski definition) is 4. The van der Waals surface area contributed by atoms with E-state index in [1.807, 2.05) is 60.7 Å². The number of nitrogens with one attached hydrogen (secondary N) is 4. The number of benzene rings is 7. The van der Waals surface area contributed by atoms with Gasteiger partial charge in [0.2, 0.25) is 0 Å². The lowest BCUT2D eigenvalue weighted by atomic mass is 9.79. The monoisotopic (exact) mass is 1180 g/mol. The van der Waals surface area contributed by atoms with Crippen molar-refractivity contribution in [3.05, 3.63) is 217 Å². The van der Waals surface area contributed by atoms with Crippen LogP contribution in [0, 0.1) is 33.8 Å². The van der Waals surface area contributed by atoms with Gasteiger partial charge in [-0.25, -0.2) is 9.97 Å². The fourth-order valence-electron chi connectivity index (χ4n) is 10.2. The first-order chi connectivity index (χ1) is 42.0. The Bertz CT molecular complexity index is 4170. The molecular formula is C74H69N7O8. The normalized spacial score (nSPS) is 13.4. The molecule has 0 aliphatic carbocycles. The molecule has 0 spiro atoms. The van der Waals surface area contributed by atoms with Gasteiger partial charge < -0.3 is 30.7 Å². The molecule has 15 nitrogen and oxygen atoms in total. The summed E-state index contributed by atoms with van der Waals surface area (Å²) in [5, 5.41) is 26.0. The lowest BCUT2D eigenvalue weighted by Crippen LogP contribution is -2.22. The van der Waals surface area contributed by atoms with Crippen molar-refractivity contribution in [1.82, 2.24) is 9.97 Å². The molecule has 2 aromatic heterocycles. The van der Waals surface area contributed by atoms with E-state index in [-0.39, 0.29) is 67.6 Å². The second-order valence-corrected chi connectivity index (χ2v) is 26.2. The summed E-state index contributed by atoms with van der Waals surface area (Å²) >= 11 is 0. The van der Waals surface area contributed by atoms with E-state index in [9.17, 15) is 29.3 Å². The molecule has 1 aliphatic rings. The van der Waals surface area contributed by atoms with Crippen molar-refractivity contribution in [2.45, 2.75) is 105 Å². The predicted molar refractivity (Wildman–Crippen MR) is 352 cm³/mol. The first-order valence-corrected chi connectivity index (χ1v) is 29.2. The number of nitrogens with zero attached hydrogens (tertiary/aromatic N) is 3. The summed E-state index contributed by atoms with van der Waals surface area (Å²) < 4.78 is 13.8. The maximum Gasteiger partial charge on any atom is 0.271 e. The molecule has 0 saturated carbocycles. The Morgan fingerprint density at radius 2 is 0.775 bits per heavy atom. The van der Waals surface area contributed by atoms with Gasteiger partial charge >= 0.3 is 0 Å². The highest BCUT2D eigenvalue weighted by molar-refractivity contribution is 6.12. The van der Waals surface area contributed by atoms with Gasteiger partial charge in [-0.3, -0.25) is 29.3 Å². The number of carbonyl (C=O) groups excluding carboxylic acids is 4. The molecule has 6 bridgehead atoms. The van der Waals surface area contributed by atoms with Crippen molar-refractivity contribution in [2.24, 2.45) is 0 Å².